The van der Waals surface area contributed by atoms with Crippen molar-refractivity contribution >= 4 is 23.7 Å². The number of rotatable bonds is 17. The lowest BCUT2D eigenvalue weighted by molar-refractivity contribution is -0.148. The van der Waals surface area contributed by atoms with Gasteiger partial charge in [0.05, 0.1) is 49.8 Å². The number of nitrogens with two attached hydrogens (primary N) is 1. The highest BCUT2D eigenvalue weighted by atomic mass is 16.5. The van der Waals surface area contributed by atoms with E-state index >= 15 is 0 Å². The lowest BCUT2D eigenvalue weighted by Crippen LogP contribution is -2.56. The van der Waals surface area contributed by atoms with Gasteiger partial charge in [0.1, 0.15) is 6.04 Å². The minimum Gasteiger partial charge on any atom is -0.467 e. The van der Waals surface area contributed by atoms with Crippen LogP contribution >= 0.6 is 0 Å². The molecule has 1 saturated heterocycles. The first-order valence-electron chi connectivity index (χ1n) is 16.4. The number of ether oxygens (including phenoxy) is 3. The number of hydrogen-bond donors (Lipinski definition) is 2. The molecular weight excluding hydrogens is 576 g/mol. The maximum Gasteiger partial charge on any atom is 0.328 e. The summed E-state index contributed by atoms with van der Waals surface area (Å²) in [5, 5.41) is 2.87. The first-order chi connectivity index (χ1) is 21.3. The predicted octanol–water partition coefficient (Wildman–Crippen LogP) is 3.21. The van der Waals surface area contributed by atoms with Crippen molar-refractivity contribution in [3.63, 3.8) is 0 Å². The Morgan fingerprint density at radius 3 is 2.31 bits per heavy atom. The largest absolute Gasteiger partial charge is 0.467 e. The molecule has 1 heterocycles. The van der Waals surface area contributed by atoms with E-state index < -0.39 is 36.2 Å². The van der Waals surface area contributed by atoms with Gasteiger partial charge in [-0.1, -0.05) is 59.3 Å². The van der Waals surface area contributed by atoms with E-state index in [4.69, 9.17) is 19.9 Å². The molecule has 3 N–H and O–H groups in total. The second-order valence-electron chi connectivity index (χ2n) is 12.9. The maximum absolute atomic E-state index is 13.9. The molecule has 0 aromatic carbocycles. The van der Waals surface area contributed by atoms with Crippen molar-refractivity contribution < 1.29 is 33.4 Å². The molecule has 0 spiro atoms. The number of nitrogens with one attached hydrogen (secondary N) is 1. The Morgan fingerprint density at radius 2 is 1.78 bits per heavy atom. The molecule has 0 radical (unpaired) electrons. The number of methoxy groups -OCH3 is 3. The number of carbonyl (C=O) groups is 4. The molecule has 11 nitrogen and oxygen atoms in total. The van der Waals surface area contributed by atoms with Gasteiger partial charge in [0, 0.05) is 34.2 Å². The Balaban J connectivity index is 2.21. The molecule has 0 saturated carbocycles. The van der Waals surface area contributed by atoms with Gasteiger partial charge < -0.3 is 35.1 Å². The monoisotopic (exact) mass is 634 g/mol. The Kier molecular flexibility index (Phi) is 15.7. The summed E-state index contributed by atoms with van der Waals surface area (Å²) in [6.45, 7) is 10.2. The summed E-state index contributed by atoms with van der Waals surface area (Å²) >= 11 is 0. The zero-order valence-corrected chi connectivity index (χ0v) is 28.9. The standard InChI is InChI=1S/C34H58N4O7/c1-10-22(4)30(37(6)33(41)29(35)21(2)3)27(43-7)20-28(39)38-18-14-17-26(38)31(44-8)23(5)32(40)36-25(34(42)45-9)19-24-15-12-11-13-16-24/h12,15-16,21-23,25-27,29-31H,10-11,13-14,17-20,35H2,1-9H3,(H,36,40)/t22-,23+,25-,26-,27+,29-,30-,31+/m0/s1. The third-order valence-electron chi connectivity index (χ3n) is 9.58. The zero-order valence-electron chi connectivity index (χ0n) is 28.9. The van der Waals surface area contributed by atoms with Gasteiger partial charge in [-0.15, -0.1) is 0 Å². The molecule has 2 rings (SSSR count). The number of likely N-dealkylation sites (N-methyl/N-ethyl adjacent to an activating group) is 1. The molecule has 0 unspecified atom stereocenters. The average molecular weight is 635 g/mol. The molecule has 11 heteroatoms. The van der Waals surface area contributed by atoms with Gasteiger partial charge in [-0.2, -0.15) is 0 Å². The van der Waals surface area contributed by atoms with E-state index in [1.165, 1.54) is 7.11 Å². The topological polar surface area (TPSA) is 141 Å². The number of esters is 1. The fourth-order valence-corrected chi connectivity index (χ4v) is 6.52. The number of hydrogen-bond acceptors (Lipinski definition) is 8. The Hall–Kier alpha value is -2.76. The summed E-state index contributed by atoms with van der Waals surface area (Å²) < 4.78 is 16.8. The fourth-order valence-electron chi connectivity index (χ4n) is 6.52. The van der Waals surface area contributed by atoms with Crippen LogP contribution in [0, 0.1) is 17.8 Å². The Bertz CT molecular complexity index is 1060. The van der Waals surface area contributed by atoms with Crippen molar-refractivity contribution in [3.8, 4) is 0 Å². The van der Waals surface area contributed by atoms with Crippen molar-refractivity contribution in [2.75, 3.05) is 34.9 Å². The molecule has 1 fully saturated rings. The third kappa shape index (κ3) is 10.1. The van der Waals surface area contributed by atoms with E-state index in [9.17, 15) is 19.2 Å². The van der Waals surface area contributed by atoms with Gasteiger partial charge in [0.2, 0.25) is 17.7 Å². The van der Waals surface area contributed by atoms with E-state index in [1.807, 2.05) is 26.8 Å². The van der Waals surface area contributed by atoms with Crippen molar-refractivity contribution in [1.82, 2.24) is 15.1 Å². The summed E-state index contributed by atoms with van der Waals surface area (Å²) in [5.41, 5.74) is 7.19. The summed E-state index contributed by atoms with van der Waals surface area (Å²) in [7, 11) is 6.15. The smallest absolute Gasteiger partial charge is 0.328 e. The summed E-state index contributed by atoms with van der Waals surface area (Å²) in [6, 6.07) is -2.17. The van der Waals surface area contributed by atoms with Gasteiger partial charge in [0.25, 0.3) is 0 Å². The first-order valence-corrected chi connectivity index (χ1v) is 16.4. The van der Waals surface area contributed by atoms with Gasteiger partial charge in [-0.25, -0.2) is 4.79 Å². The van der Waals surface area contributed by atoms with Crippen LogP contribution in [0.25, 0.3) is 0 Å². The molecule has 1 aliphatic carbocycles. The van der Waals surface area contributed by atoms with E-state index in [0.29, 0.717) is 19.4 Å². The highest BCUT2D eigenvalue weighted by molar-refractivity contribution is 5.86. The maximum atomic E-state index is 13.9. The summed E-state index contributed by atoms with van der Waals surface area (Å²) in [4.78, 5) is 56.7. The molecule has 2 aliphatic rings. The predicted molar refractivity (Wildman–Crippen MR) is 174 cm³/mol. The zero-order chi connectivity index (χ0) is 33.8. The lowest BCUT2D eigenvalue weighted by Gasteiger charge is -2.40. The van der Waals surface area contributed by atoms with Crippen LogP contribution in [-0.2, 0) is 33.4 Å². The molecule has 8 atom stereocenters. The molecule has 0 aromatic heterocycles. The third-order valence-corrected chi connectivity index (χ3v) is 9.58. The van der Waals surface area contributed by atoms with Crippen LogP contribution in [0.3, 0.4) is 0 Å². The van der Waals surface area contributed by atoms with Gasteiger partial charge in [-0.05, 0) is 43.1 Å². The molecule has 0 bridgehead atoms. The van der Waals surface area contributed by atoms with Crippen LogP contribution in [0.5, 0.6) is 0 Å². The number of allylic oxidation sites excluding steroid dienone is 3. The van der Waals surface area contributed by atoms with Gasteiger partial charge in [-0.3, -0.25) is 14.4 Å². The summed E-state index contributed by atoms with van der Waals surface area (Å²) in [6.07, 6.45) is 9.43. The molecule has 1 aliphatic heterocycles. The highest BCUT2D eigenvalue weighted by Crippen LogP contribution is 2.29. The van der Waals surface area contributed by atoms with E-state index in [-0.39, 0.29) is 48.1 Å². The molecule has 45 heavy (non-hydrogen) atoms. The minimum atomic E-state index is -0.832. The van der Waals surface area contributed by atoms with Crippen molar-refractivity contribution in [2.45, 2.75) is 116 Å². The number of likely N-dealkylation sites (tertiary alicyclic amines) is 1. The molecule has 3 amide bonds. The first kappa shape index (κ1) is 38.4. The lowest BCUT2D eigenvalue weighted by atomic mass is 9.89. The van der Waals surface area contributed by atoms with Gasteiger partial charge >= 0.3 is 5.97 Å². The van der Waals surface area contributed by atoms with Crippen molar-refractivity contribution in [3.05, 3.63) is 23.8 Å². The Morgan fingerprint density at radius 1 is 1.09 bits per heavy atom. The minimum absolute atomic E-state index is 0.0280. The second kappa shape index (κ2) is 18.4. The fraction of sp³-hybridized carbons (Fsp3) is 0.765. The average Bonchev–Trinajstić information content (AvgIpc) is 3.52. The van der Waals surface area contributed by atoms with Gasteiger partial charge in [0.15, 0.2) is 0 Å². The van der Waals surface area contributed by atoms with Crippen molar-refractivity contribution in [2.24, 2.45) is 23.5 Å². The normalized spacial score (nSPS) is 21.3. The molecular formula is C34H58N4O7. The number of nitrogens with zero attached hydrogens (tertiary/aromatic N) is 2. The van der Waals surface area contributed by atoms with Crippen molar-refractivity contribution in [1.29, 1.82) is 0 Å². The van der Waals surface area contributed by atoms with E-state index in [1.54, 1.807) is 38.0 Å². The SMILES string of the molecule is CC[C@H](C)[C@@H]([C@@H](CC(=O)N1CCC[C@H]1[C@H](OC)[C@@H](C)C(=O)N[C@@H](CC1=CCCC=C1)C(=O)OC)OC)N(C)C(=O)[C@@H](N)C(C)C. The van der Waals surface area contributed by atoms with E-state index in [0.717, 1.165) is 31.3 Å². The molecule has 256 valence electrons. The van der Waals surface area contributed by atoms with Crippen LogP contribution in [0.15, 0.2) is 23.8 Å². The number of amides is 3. The van der Waals surface area contributed by atoms with Crippen LogP contribution in [-0.4, -0.2) is 105 Å². The highest BCUT2D eigenvalue weighted by Gasteiger charge is 2.42. The number of carbonyl (C=O) groups excluding carboxylic acids is 4. The molecule has 0 aromatic rings. The van der Waals surface area contributed by atoms with Crippen LogP contribution < -0.4 is 11.1 Å². The second-order valence-corrected chi connectivity index (χ2v) is 12.9. The van der Waals surface area contributed by atoms with Crippen LogP contribution in [0.1, 0.15) is 79.6 Å². The Labute approximate surface area is 270 Å². The summed E-state index contributed by atoms with van der Waals surface area (Å²) in [5.74, 6) is -1.77. The van der Waals surface area contributed by atoms with E-state index in [2.05, 4.69) is 24.4 Å². The van der Waals surface area contributed by atoms with Crippen LogP contribution in [0.4, 0.5) is 0 Å². The quantitative estimate of drug-likeness (QED) is 0.233. The van der Waals surface area contributed by atoms with Crippen LogP contribution in [0.2, 0.25) is 0 Å².